The molecule has 1 N–H and O–H groups in total. The minimum atomic E-state index is -2.68. The number of hydrogen-bond acceptors (Lipinski definition) is 4. The van der Waals surface area contributed by atoms with E-state index in [1.165, 1.54) is 7.11 Å². The zero-order chi connectivity index (χ0) is 16.9. The van der Waals surface area contributed by atoms with Gasteiger partial charge in [-0.05, 0) is 25.0 Å². The van der Waals surface area contributed by atoms with Crippen LogP contribution in [-0.2, 0) is 10.3 Å². The number of carbonyl (C=O) groups excluding carboxylic acids is 1. The summed E-state index contributed by atoms with van der Waals surface area (Å²) < 4.78 is 38.2. The molecule has 1 saturated carbocycles. The molecule has 5 nitrogen and oxygen atoms in total. The molecular formula is C17H16F2N2O3. The minimum absolute atomic E-state index is 0.180. The number of pyridine rings is 1. The smallest absolute Gasteiger partial charge is 0.354 e. The summed E-state index contributed by atoms with van der Waals surface area (Å²) in [7, 11) is 1.30. The molecule has 24 heavy (non-hydrogen) atoms. The van der Waals surface area contributed by atoms with Crippen molar-refractivity contribution < 1.29 is 23.0 Å². The second-order valence-electron chi connectivity index (χ2n) is 6.29. The maximum atomic E-state index is 13.7. The van der Waals surface area contributed by atoms with Crippen LogP contribution in [0.3, 0.4) is 0 Å². The average Bonchev–Trinajstić information content (AvgIpc) is 3.03. The Hall–Kier alpha value is -2.44. The normalized spacial score (nSPS) is 20.0. The van der Waals surface area contributed by atoms with E-state index in [9.17, 15) is 13.6 Å². The molecule has 2 aromatic rings. The number of rotatable bonds is 1. The molecule has 0 atom stereocenters. The highest BCUT2D eigenvalue weighted by Gasteiger charge is 2.50. The first-order chi connectivity index (χ1) is 11.4. The highest BCUT2D eigenvalue weighted by molar-refractivity contribution is 5.90. The van der Waals surface area contributed by atoms with Crippen LogP contribution in [0.4, 0.5) is 8.78 Å². The van der Waals surface area contributed by atoms with Crippen LogP contribution in [0, 0.1) is 0 Å². The van der Waals surface area contributed by atoms with E-state index >= 15 is 0 Å². The first kappa shape index (κ1) is 15.1. The zero-order valence-corrected chi connectivity index (χ0v) is 13.1. The average molecular weight is 334 g/mol. The lowest BCUT2D eigenvalue weighted by molar-refractivity contribution is -0.0966. The summed E-state index contributed by atoms with van der Waals surface area (Å²) >= 11 is 0. The number of alkyl halides is 2. The Labute approximate surface area is 137 Å². The SMILES string of the molecule is COC(=O)c1cc2c([nH]1)-c1ccncc1OC21CCC(F)(F)CC1. The van der Waals surface area contributed by atoms with Crippen molar-refractivity contribution in [3.8, 4) is 17.0 Å². The highest BCUT2D eigenvalue weighted by atomic mass is 19.3. The fourth-order valence-corrected chi connectivity index (χ4v) is 3.57. The number of methoxy groups -OCH3 is 1. The van der Waals surface area contributed by atoms with Gasteiger partial charge in [0.25, 0.3) is 0 Å². The van der Waals surface area contributed by atoms with Gasteiger partial charge in [0.1, 0.15) is 17.0 Å². The number of hydrogen-bond donors (Lipinski definition) is 1. The van der Waals surface area contributed by atoms with Crippen LogP contribution in [0.5, 0.6) is 5.75 Å². The minimum Gasteiger partial charge on any atom is -0.480 e. The lowest BCUT2D eigenvalue weighted by atomic mass is 9.76. The molecule has 0 amide bonds. The summed E-state index contributed by atoms with van der Waals surface area (Å²) in [6, 6.07) is 3.43. The molecule has 126 valence electrons. The maximum absolute atomic E-state index is 13.7. The van der Waals surface area contributed by atoms with Crippen LogP contribution in [-0.4, -0.2) is 29.0 Å². The number of H-pyrrole nitrogens is 1. The first-order valence-corrected chi connectivity index (χ1v) is 7.77. The molecule has 2 aromatic heterocycles. The molecule has 7 heteroatoms. The van der Waals surface area contributed by atoms with Crippen molar-refractivity contribution in [3.63, 3.8) is 0 Å². The molecule has 0 aromatic carbocycles. The Morgan fingerprint density at radius 3 is 2.79 bits per heavy atom. The van der Waals surface area contributed by atoms with E-state index in [1.807, 2.05) is 0 Å². The molecule has 3 heterocycles. The van der Waals surface area contributed by atoms with Gasteiger partial charge < -0.3 is 14.5 Å². The second-order valence-corrected chi connectivity index (χ2v) is 6.29. The van der Waals surface area contributed by atoms with Crippen molar-refractivity contribution in [1.29, 1.82) is 0 Å². The maximum Gasteiger partial charge on any atom is 0.354 e. The Morgan fingerprint density at radius 1 is 1.33 bits per heavy atom. The van der Waals surface area contributed by atoms with Crippen molar-refractivity contribution in [2.24, 2.45) is 0 Å². The predicted octanol–water partition coefficient (Wildman–Crippen LogP) is 3.66. The van der Waals surface area contributed by atoms with Gasteiger partial charge in [0.15, 0.2) is 0 Å². The van der Waals surface area contributed by atoms with Crippen molar-refractivity contribution in [3.05, 3.63) is 35.8 Å². The fourth-order valence-electron chi connectivity index (χ4n) is 3.57. The summed E-state index contributed by atoms with van der Waals surface area (Å²) in [6.45, 7) is 0. The molecule has 0 bridgehead atoms. The second kappa shape index (κ2) is 5.03. The van der Waals surface area contributed by atoms with E-state index in [-0.39, 0.29) is 31.4 Å². The van der Waals surface area contributed by atoms with Gasteiger partial charge in [0.2, 0.25) is 5.92 Å². The predicted molar refractivity (Wildman–Crippen MR) is 81.1 cm³/mol. The van der Waals surface area contributed by atoms with E-state index in [2.05, 4.69) is 9.97 Å². The number of nitrogens with zero attached hydrogens (tertiary/aromatic N) is 1. The van der Waals surface area contributed by atoms with Crippen LogP contribution in [0.2, 0.25) is 0 Å². The molecule has 0 radical (unpaired) electrons. The topological polar surface area (TPSA) is 64.2 Å². The molecule has 1 aliphatic heterocycles. The van der Waals surface area contributed by atoms with Gasteiger partial charge in [-0.3, -0.25) is 4.98 Å². The summed E-state index contributed by atoms with van der Waals surface area (Å²) in [5.74, 6) is -2.64. The molecule has 4 rings (SSSR count). The fraction of sp³-hybridized carbons (Fsp3) is 0.412. The third-order valence-electron chi connectivity index (χ3n) is 4.86. The Balaban J connectivity index is 1.85. The number of nitrogens with one attached hydrogen (secondary N) is 1. The molecule has 1 spiro atoms. The van der Waals surface area contributed by atoms with Crippen LogP contribution in [0.25, 0.3) is 11.3 Å². The quantitative estimate of drug-likeness (QED) is 0.809. The third-order valence-corrected chi connectivity index (χ3v) is 4.86. The van der Waals surface area contributed by atoms with E-state index in [1.54, 1.807) is 24.5 Å². The van der Waals surface area contributed by atoms with Crippen LogP contribution in [0.1, 0.15) is 41.7 Å². The zero-order valence-electron chi connectivity index (χ0n) is 13.1. The third kappa shape index (κ3) is 2.18. The van der Waals surface area contributed by atoms with Gasteiger partial charge in [-0.2, -0.15) is 0 Å². The monoisotopic (exact) mass is 334 g/mol. The summed E-state index contributed by atoms with van der Waals surface area (Å²) in [4.78, 5) is 19.0. The first-order valence-electron chi connectivity index (χ1n) is 7.77. The van der Waals surface area contributed by atoms with Crippen molar-refractivity contribution in [2.45, 2.75) is 37.2 Å². The molecule has 0 unspecified atom stereocenters. The molecule has 1 fully saturated rings. The summed E-state index contributed by atoms with van der Waals surface area (Å²) in [5, 5.41) is 0. The summed E-state index contributed by atoms with van der Waals surface area (Å²) in [6.07, 6.45) is 3.06. The van der Waals surface area contributed by atoms with Crippen LogP contribution >= 0.6 is 0 Å². The summed E-state index contributed by atoms with van der Waals surface area (Å²) in [5.41, 5.74) is 1.63. The largest absolute Gasteiger partial charge is 0.480 e. The molecule has 2 aliphatic rings. The lowest BCUT2D eigenvalue weighted by Gasteiger charge is -2.43. The number of aromatic amines is 1. The number of halogens is 2. The lowest BCUT2D eigenvalue weighted by Crippen LogP contribution is -2.42. The number of aromatic nitrogens is 2. The van der Waals surface area contributed by atoms with Crippen molar-refractivity contribution >= 4 is 5.97 Å². The van der Waals surface area contributed by atoms with Gasteiger partial charge in [0.05, 0.1) is 19.0 Å². The van der Waals surface area contributed by atoms with E-state index in [0.717, 1.165) is 11.1 Å². The van der Waals surface area contributed by atoms with E-state index < -0.39 is 17.5 Å². The number of esters is 1. The number of carbonyl (C=O) groups is 1. The van der Waals surface area contributed by atoms with Gasteiger partial charge in [-0.15, -0.1) is 0 Å². The van der Waals surface area contributed by atoms with Crippen LogP contribution in [0.15, 0.2) is 24.5 Å². The standard InChI is InChI=1S/C17H16F2N2O3/c1-23-15(22)12-8-11-14(21-12)10-2-7-20-9-13(10)24-16(11)3-5-17(18,19)6-4-16/h2,7-9,21H,3-6H2,1H3. The van der Waals surface area contributed by atoms with Gasteiger partial charge in [-0.1, -0.05) is 0 Å². The molecule has 0 saturated heterocycles. The number of fused-ring (bicyclic) bond motifs is 4. The van der Waals surface area contributed by atoms with Crippen LogP contribution < -0.4 is 4.74 Å². The Kier molecular flexibility index (Phi) is 3.16. The van der Waals surface area contributed by atoms with Gasteiger partial charge in [0, 0.05) is 30.2 Å². The Bertz CT molecular complexity index is 806. The van der Waals surface area contributed by atoms with E-state index in [4.69, 9.17) is 9.47 Å². The van der Waals surface area contributed by atoms with E-state index in [0.29, 0.717) is 11.4 Å². The number of ether oxygens (including phenoxy) is 2. The molecule has 1 aliphatic carbocycles. The van der Waals surface area contributed by atoms with Gasteiger partial charge >= 0.3 is 5.97 Å². The van der Waals surface area contributed by atoms with Gasteiger partial charge in [-0.25, -0.2) is 13.6 Å². The van der Waals surface area contributed by atoms with Crippen molar-refractivity contribution in [1.82, 2.24) is 9.97 Å². The van der Waals surface area contributed by atoms with Crippen molar-refractivity contribution in [2.75, 3.05) is 7.11 Å². The Morgan fingerprint density at radius 2 is 2.08 bits per heavy atom. The highest BCUT2D eigenvalue weighted by Crippen LogP contribution is 2.53. The molecular weight excluding hydrogens is 318 g/mol.